The predicted molar refractivity (Wildman–Crippen MR) is 67.5 cm³/mol. The smallest absolute Gasteiger partial charge is 0.161 e. The third-order valence-electron chi connectivity index (χ3n) is 2.71. The molecular weight excluding hydrogens is 214 g/mol. The van der Waals surface area contributed by atoms with E-state index in [1.807, 2.05) is 26.2 Å². The molecule has 2 aromatic rings. The van der Waals surface area contributed by atoms with E-state index in [2.05, 4.69) is 34.2 Å². The zero-order valence-electron chi connectivity index (χ0n) is 10.6. The van der Waals surface area contributed by atoms with Gasteiger partial charge in [0.25, 0.3) is 0 Å². The van der Waals surface area contributed by atoms with E-state index in [9.17, 15) is 0 Å². The molecule has 0 bridgehead atoms. The average Bonchev–Trinajstić information content (AvgIpc) is 2.78. The number of hydrogen-bond acceptors (Lipinski definition) is 4. The summed E-state index contributed by atoms with van der Waals surface area (Å²) in [5, 5.41) is 7.56. The van der Waals surface area contributed by atoms with Crippen LogP contribution in [0.15, 0.2) is 18.6 Å². The summed E-state index contributed by atoms with van der Waals surface area (Å²) in [6, 6.07) is 2.02. The van der Waals surface area contributed by atoms with Crippen LogP contribution in [0.2, 0.25) is 0 Å². The highest BCUT2D eigenvalue weighted by Crippen LogP contribution is 2.18. The number of rotatable bonds is 3. The number of anilines is 1. The molecule has 0 aliphatic heterocycles. The van der Waals surface area contributed by atoms with Crippen LogP contribution in [0.5, 0.6) is 0 Å². The van der Waals surface area contributed by atoms with E-state index in [-0.39, 0.29) is 0 Å². The molecular formula is C12H17N5. The minimum atomic E-state index is 0.419. The standard InChI is InChI=1S/C12H17N5/c1-8(2)10-5-6-17(16-10)12-9(3)11(13-4)14-7-15-12/h5-8H,1-4H3,(H,13,14,15). The van der Waals surface area contributed by atoms with Crippen LogP contribution in [0, 0.1) is 6.92 Å². The molecule has 0 atom stereocenters. The van der Waals surface area contributed by atoms with Crippen molar-refractivity contribution in [1.82, 2.24) is 19.7 Å². The van der Waals surface area contributed by atoms with Gasteiger partial charge in [-0.25, -0.2) is 14.6 Å². The fraction of sp³-hybridized carbons (Fsp3) is 0.417. The topological polar surface area (TPSA) is 55.6 Å². The third-order valence-corrected chi connectivity index (χ3v) is 2.71. The molecule has 0 radical (unpaired) electrons. The van der Waals surface area contributed by atoms with Crippen LogP contribution in [0.25, 0.3) is 5.82 Å². The number of hydrogen-bond donors (Lipinski definition) is 1. The molecule has 2 rings (SSSR count). The maximum Gasteiger partial charge on any atom is 0.161 e. The van der Waals surface area contributed by atoms with Gasteiger partial charge in [-0.05, 0) is 18.9 Å². The van der Waals surface area contributed by atoms with Gasteiger partial charge in [0.1, 0.15) is 12.1 Å². The minimum absolute atomic E-state index is 0.419. The molecule has 0 aliphatic carbocycles. The summed E-state index contributed by atoms with van der Waals surface area (Å²) in [5.74, 6) is 2.06. The van der Waals surface area contributed by atoms with E-state index in [4.69, 9.17) is 0 Å². The molecule has 2 heterocycles. The molecule has 1 N–H and O–H groups in total. The lowest BCUT2D eigenvalue weighted by Gasteiger charge is -2.08. The van der Waals surface area contributed by atoms with Crippen molar-refractivity contribution in [3.05, 3.63) is 29.8 Å². The van der Waals surface area contributed by atoms with Crippen LogP contribution >= 0.6 is 0 Å². The summed E-state index contributed by atoms with van der Waals surface area (Å²) in [6.07, 6.45) is 3.48. The molecule has 17 heavy (non-hydrogen) atoms. The van der Waals surface area contributed by atoms with Gasteiger partial charge in [0, 0.05) is 18.8 Å². The van der Waals surface area contributed by atoms with Gasteiger partial charge in [0.15, 0.2) is 5.82 Å². The van der Waals surface area contributed by atoms with Crippen molar-refractivity contribution < 1.29 is 0 Å². The van der Waals surface area contributed by atoms with Crippen molar-refractivity contribution in [3.8, 4) is 5.82 Å². The van der Waals surface area contributed by atoms with Crippen molar-refractivity contribution in [2.24, 2.45) is 0 Å². The van der Waals surface area contributed by atoms with E-state index in [0.717, 1.165) is 22.9 Å². The highest BCUT2D eigenvalue weighted by Gasteiger charge is 2.10. The number of nitrogens with one attached hydrogen (secondary N) is 1. The van der Waals surface area contributed by atoms with Gasteiger partial charge in [0.2, 0.25) is 0 Å². The second-order valence-corrected chi connectivity index (χ2v) is 4.26. The Morgan fingerprint density at radius 1 is 1.29 bits per heavy atom. The maximum atomic E-state index is 4.51. The second kappa shape index (κ2) is 4.53. The van der Waals surface area contributed by atoms with E-state index in [1.165, 1.54) is 0 Å². The number of nitrogens with zero attached hydrogens (tertiary/aromatic N) is 4. The van der Waals surface area contributed by atoms with Gasteiger partial charge in [-0.15, -0.1) is 0 Å². The van der Waals surface area contributed by atoms with Crippen molar-refractivity contribution in [3.63, 3.8) is 0 Å². The Labute approximate surface area is 101 Å². The Morgan fingerprint density at radius 3 is 2.65 bits per heavy atom. The Bertz CT molecular complexity index is 515. The summed E-state index contributed by atoms with van der Waals surface area (Å²) >= 11 is 0. The second-order valence-electron chi connectivity index (χ2n) is 4.26. The van der Waals surface area contributed by atoms with Crippen molar-refractivity contribution in [1.29, 1.82) is 0 Å². The summed E-state index contributed by atoms with van der Waals surface area (Å²) in [6.45, 7) is 6.23. The molecule has 5 nitrogen and oxygen atoms in total. The summed E-state index contributed by atoms with van der Waals surface area (Å²) in [7, 11) is 1.85. The van der Waals surface area contributed by atoms with Gasteiger partial charge < -0.3 is 5.32 Å². The maximum absolute atomic E-state index is 4.51. The SMILES string of the molecule is CNc1ncnc(-n2ccc(C(C)C)n2)c1C. The van der Waals surface area contributed by atoms with Gasteiger partial charge in [-0.2, -0.15) is 5.10 Å². The molecule has 0 saturated carbocycles. The fourth-order valence-electron chi connectivity index (χ4n) is 1.69. The first-order valence-electron chi connectivity index (χ1n) is 5.68. The van der Waals surface area contributed by atoms with Crippen LogP contribution in [-0.2, 0) is 0 Å². The van der Waals surface area contributed by atoms with E-state index >= 15 is 0 Å². The Morgan fingerprint density at radius 2 is 2.06 bits per heavy atom. The van der Waals surface area contributed by atoms with Gasteiger partial charge in [-0.3, -0.25) is 0 Å². The number of aromatic nitrogens is 4. The lowest BCUT2D eigenvalue weighted by atomic mass is 10.1. The molecule has 0 spiro atoms. The van der Waals surface area contributed by atoms with E-state index in [1.54, 1.807) is 11.0 Å². The first-order chi connectivity index (χ1) is 8.13. The molecule has 0 saturated heterocycles. The lowest BCUT2D eigenvalue weighted by Crippen LogP contribution is -2.06. The van der Waals surface area contributed by atoms with Crippen molar-refractivity contribution >= 4 is 5.82 Å². The van der Waals surface area contributed by atoms with Crippen molar-refractivity contribution in [2.75, 3.05) is 12.4 Å². The minimum Gasteiger partial charge on any atom is -0.373 e. The largest absolute Gasteiger partial charge is 0.373 e. The van der Waals surface area contributed by atoms with E-state index < -0.39 is 0 Å². The molecule has 5 heteroatoms. The quantitative estimate of drug-likeness (QED) is 0.879. The Kier molecular flexibility index (Phi) is 3.08. The molecule has 0 fully saturated rings. The Balaban J connectivity index is 2.45. The van der Waals surface area contributed by atoms with Crippen LogP contribution in [-0.4, -0.2) is 26.8 Å². The van der Waals surface area contributed by atoms with Crippen molar-refractivity contribution in [2.45, 2.75) is 26.7 Å². The molecule has 90 valence electrons. The third kappa shape index (κ3) is 2.13. The molecule has 0 aromatic carbocycles. The normalized spacial score (nSPS) is 10.9. The highest BCUT2D eigenvalue weighted by molar-refractivity contribution is 5.50. The van der Waals surface area contributed by atoms with Crippen LogP contribution in [0.3, 0.4) is 0 Å². The highest BCUT2D eigenvalue weighted by atomic mass is 15.3. The van der Waals surface area contributed by atoms with Crippen LogP contribution in [0.4, 0.5) is 5.82 Å². The van der Waals surface area contributed by atoms with E-state index in [0.29, 0.717) is 5.92 Å². The van der Waals surface area contributed by atoms with Gasteiger partial charge in [-0.1, -0.05) is 13.8 Å². The lowest BCUT2D eigenvalue weighted by molar-refractivity contribution is 0.752. The molecule has 0 amide bonds. The van der Waals surface area contributed by atoms with Gasteiger partial charge in [0.05, 0.1) is 5.69 Å². The molecule has 2 aromatic heterocycles. The zero-order valence-corrected chi connectivity index (χ0v) is 10.6. The monoisotopic (exact) mass is 231 g/mol. The summed E-state index contributed by atoms with van der Waals surface area (Å²) < 4.78 is 1.80. The predicted octanol–water partition coefficient (Wildman–Crippen LogP) is 2.14. The van der Waals surface area contributed by atoms with Gasteiger partial charge >= 0.3 is 0 Å². The van der Waals surface area contributed by atoms with Crippen LogP contribution < -0.4 is 5.32 Å². The first kappa shape index (κ1) is 11.6. The molecule has 0 aliphatic rings. The molecule has 0 unspecified atom stereocenters. The summed E-state index contributed by atoms with van der Waals surface area (Å²) in [4.78, 5) is 8.44. The fourth-order valence-corrected chi connectivity index (χ4v) is 1.69. The zero-order chi connectivity index (χ0) is 12.4. The first-order valence-corrected chi connectivity index (χ1v) is 5.68. The van der Waals surface area contributed by atoms with Crippen LogP contribution in [0.1, 0.15) is 31.0 Å². The average molecular weight is 231 g/mol. The summed E-state index contributed by atoms with van der Waals surface area (Å²) in [5.41, 5.74) is 2.06. The Hall–Kier alpha value is -1.91.